The van der Waals surface area contributed by atoms with Crippen molar-refractivity contribution in [1.29, 1.82) is 0 Å². The van der Waals surface area contributed by atoms with E-state index in [1.165, 1.54) is 38.2 Å². The molecular weight excluding hydrogens is 265 g/mol. The molecule has 1 aromatic rings. The average Bonchev–Trinajstić information content (AvgIpc) is 2.48. The van der Waals surface area contributed by atoms with Crippen LogP contribution in [0.25, 0.3) is 0 Å². The van der Waals surface area contributed by atoms with Gasteiger partial charge in [-0.1, -0.05) is 45.1 Å². The summed E-state index contributed by atoms with van der Waals surface area (Å²) in [4.78, 5) is 0. The lowest BCUT2D eigenvalue weighted by molar-refractivity contribution is 0.113. The van der Waals surface area contributed by atoms with Gasteiger partial charge in [-0.2, -0.15) is 0 Å². The largest absolute Gasteiger partial charge is 0.490 e. The molecule has 2 nitrogen and oxygen atoms in total. The van der Waals surface area contributed by atoms with Crippen LogP contribution in [0.3, 0.4) is 0 Å². The molecule has 0 amide bonds. The van der Waals surface area contributed by atoms with Crippen LogP contribution in [0.5, 0.6) is 5.75 Å². The SMILES string of the molecule is CCNC1CC(CC2CCCCC2)Oc2cc(F)ccc21. The molecule has 1 aromatic carbocycles. The topological polar surface area (TPSA) is 21.3 Å². The Morgan fingerprint density at radius 1 is 1.24 bits per heavy atom. The standard InChI is InChI=1S/C18H26FNO/c1-2-20-17-12-15(10-13-6-4-3-5-7-13)21-18-11-14(19)8-9-16(17)18/h8-9,11,13,15,17,20H,2-7,10,12H2,1H3. The molecule has 1 saturated carbocycles. The van der Waals surface area contributed by atoms with Gasteiger partial charge in [-0.3, -0.25) is 0 Å². The number of rotatable bonds is 4. The van der Waals surface area contributed by atoms with E-state index in [0.717, 1.165) is 36.6 Å². The Bertz CT molecular complexity index is 470. The minimum absolute atomic E-state index is 0.206. The van der Waals surface area contributed by atoms with Crippen molar-refractivity contribution < 1.29 is 9.13 Å². The summed E-state index contributed by atoms with van der Waals surface area (Å²) < 4.78 is 19.6. The molecule has 2 aliphatic rings. The Hall–Kier alpha value is -1.09. The van der Waals surface area contributed by atoms with E-state index in [0.29, 0.717) is 6.04 Å². The molecular formula is C18H26FNO. The van der Waals surface area contributed by atoms with E-state index in [2.05, 4.69) is 12.2 Å². The van der Waals surface area contributed by atoms with E-state index >= 15 is 0 Å². The number of hydrogen-bond acceptors (Lipinski definition) is 2. The highest BCUT2D eigenvalue weighted by molar-refractivity contribution is 5.38. The van der Waals surface area contributed by atoms with Gasteiger partial charge in [0.1, 0.15) is 17.7 Å². The number of fused-ring (bicyclic) bond motifs is 1. The van der Waals surface area contributed by atoms with E-state index in [4.69, 9.17) is 4.74 Å². The van der Waals surface area contributed by atoms with Crippen molar-refractivity contribution in [2.75, 3.05) is 6.54 Å². The minimum atomic E-state index is -0.206. The fraction of sp³-hybridized carbons (Fsp3) is 0.667. The fourth-order valence-electron chi connectivity index (χ4n) is 3.89. The maximum atomic E-state index is 13.5. The smallest absolute Gasteiger partial charge is 0.127 e. The van der Waals surface area contributed by atoms with Crippen LogP contribution in [0.15, 0.2) is 18.2 Å². The number of hydrogen-bond donors (Lipinski definition) is 1. The van der Waals surface area contributed by atoms with E-state index in [1.807, 2.05) is 6.07 Å². The molecule has 3 rings (SSSR count). The first-order chi connectivity index (χ1) is 10.3. The quantitative estimate of drug-likeness (QED) is 0.875. The summed E-state index contributed by atoms with van der Waals surface area (Å²) in [5.41, 5.74) is 1.11. The van der Waals surface area contributed by atoms with Gasteiger partial charge < -0.3 is 10.1 Å². The summed E-state index contributed by atoms with van der Waals surface area (Å²) in [5, 5.41) is 3.52. The molecule has 1 aliphatic heterocycles. The molecule has 3 heteroatoms. The van der Waals surface area contributed by atoms with Gasteiger partial charge in [0.25, 0.3) is 0 Å². The predicted molar refractivity (Wildman–Crippen MR) is 83.0 cm³/mol. The highest BCUT2D eigenvalue weighted by atomic mass is 19.1. The third-order valence-corrected chi connectivity index (χ3v) is 4.91. The Morgan fingerprint density at radius 2 is 2.05 bits per heavy atom. The second-order valence-electron chi connectivity index (χ2n) is 6.51. The molecule has 1 fully saturated rings. The summed E-state index contributed by atoms with van der Waals surface area (Å²) in [6.45, 7) is 3.05. The Balaban J connectivity index is 1.72. The Morgan fingerprint density at radius 3 is 2.81 bits per heavy atom. The zero-order valence-electron chi connectivity index (χ0n) is 12.9. The normalized spacial score (nSPS) is 26.2. The van der Waals surface area contributed by atoms with Crippen LogP contribution >= 0.6 is 0 Å². The van der Waals surface area contributed by atoms with Crippen LogP contribution in [0.4, 0.5) is 4.39 Å². The first kappa shape index (κ1) is 14.8. The summed E-state index contributed by atoms with van der Waals surface area (Å²) in [5.74, 6) is 1.33. The third kappa shape index (κ3) is 3.57. The lowest BCUT2D eigenvalue weighted by atomic mass is 9.83. The lowest BCUT2D eigenvalue weighted by Gasteiger charge is -2.35. The molecule has 2 atom stereocenters. The maximum Gasteiger partial charge on any atom is 0.127 e. The molecule has 0 saturated heterocycles. The highest BCUT2D eigenvalue weighted by Crippen LogP contribution is 2.38. The van der Waals surface area contributed by atoms with Crippen molar-refractivity contribution in [3.63, 3.8) is 0 Å². The van der Waals surface area contributed by atoms with Crippen molar-refractivity contribution in [2.45, 2.75) is 64.0 Å². The van der Waals surface area contributed by atoms with E-state index < -0.39 is 0 Å². The first-order valence-corrected chi connectivity index (χ1v) is 8.45. The second-order valence-corrected chi connectivity index (χ2v) is 6.51. The van der Waals surface area contributed by atoms with E-state index in [-0.39, 0.29) is 11.9 Å². The van der Waals surface area contributed by atoms with Crippen molar-refractivity contribution in [3.8, 4) is 5.75 Å². The second kappa shape index (κ2) is 6.78. The van der Waals surface area contributed by atoms with Crippen molar-refractivity contribution in [2.24, 2.45) is 5.92 Å². The van der Waals surface area contributed by atoms with Crippen LogP contribution in [0, 0.1) is 11.7 Å². The third-order valence-electron chi connectivity index (χ3n) is 4.91. The van der Waals surface area contributed by atoms with Crippen LogP contribution < -0.4 is 10.1 Å². The molecule has 2 unspecified atom stereocenters. The van der Waals surface area contributed by atoms with Gasteiger partial charge in [0, 0.05) is 24.1 Å². The molecule has 0 aromatic heterocycles. The monoisotopic (exact) mass is 291 g/mol. The zero-order valence-corrected chi connectivity index (χ0v) is 12.9. The summed E-state index contributed by atoms with van der Waals surface area (Å²) in [6.07, 6.45) is 9.13. The lowest BCUT2D eigenvalue weighted by Crippen LogP contribution is -2.34. The number of nitrogens with one attached hydrogen (secondary N) is 1. The van der Waals surface area contributed by atoms with Gasteiger partial charge in [0.05, 0.1) is 0 Å². The number of benzene rings is 1. The Labute approximate surface area is 127 Å². The average molecular weight is 291 g/mol. The molecule has 21 heavy (non-hydrogen) atoms. The van der Waals surface area contributed by atoms with Crippen molar-refractivity contribution in [3.05, 3.63) is 29.6 Å². The molecule has 0 bridgehead atoms. The van der Waals surface area contributed by atoms with Gasteiger partial charge in [-0.05, 0) is 24.9 Å². The van der Waals surface area contributed by atoms with Crippen molar-refractivity contribution in [1.82, 2.24) is 5.32 Å². The Kier molecular flexibility index (Phi) is 4.79. The molecule has 0 radical (unpaired) electrons. The summed E-state index contributed by atoms with van der Waals surface area (Å²) >= 11 is 0. The van der Waals surface area contributed by atoms with Gasteiger partial charge in [-0.25, -0.2) is 4.39 Å². The minimum Gasteiger partial charge on any atom is -0.490 e. The predicted octanol–water partition coefficient (Wildman–Crippen LogP) is 4.60. The van der Waals surface area contributed by atoms with Gasteiger partial charge in [0.15, 0.2) is 0 Å². The van der Waals surface area contributed by atoms with Crippen molar-refractivity contribution >= 4 is 0 Å². The van der Waals surface area contributed by atoms with Gasteiger partial charge in [0.2, 0.25) is 0 Å². The highest BCUT2D eigenvalue weighted by Gasteiger charge is 2.30. The van der Waals surface area contributed by atoms with Gasteiger partial charge >= 0.3 is 0 Å². The fourth-order valence-corrected chi connectivity index (χ4v) is 3.89. The molecule has 1 N–H and O–H groups in total. The molecule has 1 aliphatic carbocycles. The number of halogens is 1. The molecule has 0 spiro atoms. The van der Waals surface area contributed by atoms with Crippen LogP contribution in [0.1, 0.15) is 63.5 Å². The number of ether oxygens (including phenoxy) is 1. The van der Waals surface area contributed by atoms with E-state index in [1.54, 1.807) is 6.07 Å². The van der Waals surface area contributed by atoms with Crippen LogP contribution in [-0.4, -0.2) is 12.6 Å². The first-order valence-electron chi connectivity index (χ1n) is 8.45. The molecule has 1 heterocycles. The summed E-state index contributed by atoms with van der Waals surface area (Å²) in [6, 6.07) is 5.25. The van der Waals surface area contributed by atoms with Crippen LogP contribution in [-0.2, 0) is 0 Å². The summed E-state index contributed by atoms with van der Waals surface area (Å²) in [7, 11) is 0. The maximum absolute atomic E-state index is 13.5. The van der Waals surface area contributed by atoms with Crippen LogP contribution in [0.2, 0.25) is 0 Å². The van der Waals surface area contributed by atoms with E-state index in [9.17, 15) is 4.39 Å². The van der Waals surface area contributed by atoms with Gasteiger partial charge in [-0.15, -0.1) is 0 Å². The molecule has 116 valence electrons. The zero-order chi connectivity index (χ0) is 14.7.